The highest BCUT2D eigenvalue weighted by molar-refractivity contribution is 5.40. The zero-order valence-electron chi connectivity index (χ0n) is 10.4. The third-order valence-corrected chi connectivity index (χ3v) is 2.76. The summed E-state index contributed by atoms with van der Waals surface area (Å²) in [7, 11) is 1.95. The van der Waals surface area contributed by atoms with Crippen LogP contribution < -0.4 is 10.2 Å². The lowest BCUT2D eigenvalue weighted by Crippen LogP contribution is -2.23. The first kappa shape index (κ1) is 12.7. The standard InChI is InChI=1S/C13H21N3/c1-5-9-16(6-2)13-8-7-12(10-15-13)11(3)14-4/h5,7-8,10-11,14H,1,6,9H2,2-4H3. The third-order valence-electron chi connectivity index (χ3n) is 2.76. The fraction of sp³-hybridized carbons (Fsp3) is 0.462. The molecule has 1 heterocycles. The molecule has 88 valence electrons. The van der Waals surface area contributed by atoms with Crippen LogP contribution >= 0.6 is 0 Å². The first-order valence-electron chi connectivity index (χ1n) is 5.72. The highest BCUT2D eigenvalue weighted by atomic mass is 15.2. The average Bonchev–Trinajstić information content (AvgIpc) is 2.35. The van der Waals surface area contributed by atoms with Crippen molar-refractivity contribution >= 4 is 5.82 Å². The van der Waals surface area contributed by atoms with Gasteiger partial charge in [-0.15, -0.1) is 6.58 Å². The van der Waals surface area contributed by atoms with E-state index in [4.69, 9.17) is 0 Å². The smallest absolute Gasteiger partial charge is 0.128 e. The summed E-state index contributed by atoms with van der Waals surface area (Å²) >= 11 is 0. The van der Waals surface area contributed by atoms with Crippen molar-refractivity contribution in [2.24, 2.45) is 0 Å². The number of likely N-dealkylation sites (N-methyl/N-ethyl adjacent to an activating group) is 1. The minimum absolute atomic E-state index is 0.344. The topological polar surface area (TPSA) is 28.2 Å². The Bertz CT molecular complexity index is 318. The van der Waals surface area contributed by atoms with E-state index >= 15 is 0 Å². The van der Waals surface area contributed by atoms with Crippen LogP contribution in [0, 0.1) is 0 Å². The largest absolute Gasteiger partial charge is 0.353 e. The molecule has 0 aliphatic carbocycles. The molecule has 1 unspecified atom stereocenters. The number of rotatable bonds is 6. The molecule has 0 saturated carbocycles. The van der Waals surface area contributed by atoms with Gasteiger partial charge in [0.25, 0.3) is 0 Å². The van der Waals surface area contributed by atoms with Crippen molar-refractivity contribution in [3.8, 4) is 0 Å². The third kappa shape index (κ3) is 3.07. The highest BCUT2D eigenvalue weighted by Crippen LogP contribution is 2.15. The molecule has 0 bridgehead atoms. The van der Waals surface area contributed by atoms with E-state index in [9.17, 15) is 0 Å². The van der Waals surface area contributed by atoms with Gasteiger partial charge in [-0.05, 0) is 32.5 Å². The first-order valence-corrected chi connectivity index (χ1v) is 5.72. The number of nitrogens with zero attached hydrogens (tertiary/aromatic N) is 2. The summed E-state index contributed by atoms with van der Waals surface area (Å²) in [6.45, 7) is 9.78. The van der Waals surface area contributed by atoms with Crippen LogP contribution in [0.25, 0.3) is 0 Å². The lowest BCUT2D eigenvalue weighted by Gasteiger charge is -2.20. The summed E-state index contributed by atoms with van der Waals surface area (Å²) in [5.41, 5.74) is 1.21. The summed E-state index contributed by atoms with van der Waals surface area (Å²) in [5, 5.41) is 3.20. The SMILES string of the molecule is C=CCN(CC)c1ccc(C(C)NC)cn1. The van der Waals surface area contributed by atoms with E-state index in [0.717, 1.165) is 18.9 Å². The van der Waals surface area contributed by atoms with Crippen molar-refractivity contribution in [1.29, 1.82) is 0 Å². The van der Waals surface area contributed by atoms with E-state index < -0.39 is 0 Å². The van der Waals surface area contributed by atoms with Crippen LogP contribution in [0.5, 0.6) is 0 Å². The lowest BCUT2D eigenvalue weighted by molar-refractivity contribution is 0.649. The molecule has 1 aromatic heterocycles. The quantitative estimate of drug-likeness (QED) is 0.745. The average molecular weight is 219 g/mol. The number of hydrogen-bond donors (Lipinski definition) is 1. The predicted octanol–water partition coefficient (Wildman–Crippen LogP) is 2.37. The van der Waals surface area contributed by atoms with Gasteiger partial charge in [0, 0.05) is 25.3 Å². The van der Waals surface area contributed by atoms with Crippen LogP contribution in [-0.4, -0.2) is 25.1 Å². The maximum absolute atomic E-state index is 4.48. The van der Waals surface area contributed by atoms with Gasteiger partial charge in [-0.2, -0.15) is 0 Å². The molecule has 0 aliphatic heterocycles. The minimum Gasteiger partial charge on any atom is -0.353 e. The normalized spacial score (nSPS) is 12.2. The Labute approximate surface area is 98.2 Å². The van der Waals surface area contributed by atoms with E-state index in [0.29, 0.717) is 6.04 Å². The van der Waals surface area contributed by atoms with Crippen molar-refractivity contribution in [2.45, 2.75) is 19.9 Å². The van der Waals surface area contributed by atoms with Crippen molar-refractivity contribution in [1.82, 2.24) is 10.3 Å². The van der Waals surface area contributed by atoms with Gasteiger partial charge >= 0.3 is 0 Å². The van der Waals surface area contributed by atoms with Gasteiger partial charge in [0.15, 0.2) is 0 Å². The Kier molecular flexibility index (Phi) is 4.99. The van der Waals surface area contributed by atoms with Crippen LogP contribution in [-0.2, 0) is 0 Å². The van der Waals surface area contributed by atoms with Crippen molar-refractivity contribution in [2.75, 3.05) is 25.0 Å². The molecule has 3 heteroatoms. The monoisotopic (exact) mass is 219 g/mol. The Balaban J connectivity index is 2.80. The Morgan fingerprint density at radius 1 is 1.56 bits per heavy atom. The molecule has 3 nitrogen and oxygen atoms in total. The summed E-state index contributed by atoms with van der Waals surface area (Å²) in [6.07, 6.45) is 3.83. The summed E-state index contributed by atoms with van der Waals surface area (Å²) in [4.78, 5) is 6.66. The predicted molar refractivity (Wildman–Crippen MR) is 69.8 cm³/mol. The maximum atomic E-state index is 4.48. The highest BCUT2D eigenvalue weighted by Gasteiger charge is 2.06. The molecule has 0 fully saturated rings. The van der Waals surface area contributed by atoms with Crippen molar-refractivity contribution in [3.63, 3.8) is 0 Å². The Hall–Kier alpha value is -1.35. The van der Waals surface area contributed by atoms with Gasteiger partial charge in [-0.3, -0.25) is 0 Å². The number of aromatic nitrogens is 1. The molecule has 1 rings (SSSR count). The number of hydrogen-bond acceptors (Lipinski definition) is 3. The second-order valence-electron chi connectivity index (χ2n) is 3.79. The van der Waals surface area contributed by atoms with Gasteiger partial charge in [0.2, 0.25) is 0 Å². The lowest BCUT2D eigenvalue weighted by atomic mass is 10.1. The number of anilines is 1. The molecule has 0 radical (unpaired) electrons. The maximum Gasteiger partial charge on any atom is 0.128 e. The van der Waals surface area contributed by atoms with E-state index in [1.54, 1.807) is 0 Å². The molecular weight excluding hydrogens is 198 g/mol. The molecule has 1 N–H and O–H groups in total. The first-order chi connectivity index (χ1) is 7.72. The zero-order chi connectivity index (χ0) is 12.0. The molecule has 0 amide bonds. The molecule has 0 spiro atoms. The molecule has 0 saturated heterocycles. The molecule has 0 aliphatic rings. The van der Waals surface area contributed by atoms with Gasteiger partial charge in [-0.25, -0.2) is 4.98 Å². The molecule has 1 atom stereocenters. The van der Waals surface area contributed by atoms with Gasteiger partial charge in [0.05, 0.1) is 0 Å². The molecule has 16 heavy (non-hydrogen) atoms. The Morgan fingerprint density at radius 3 is 2.75 bits per heavy atom. The second kappa shape index (κ2) is 6.28. The Morgan fingerprint density at radius 2 is 2.31 bits per heavy atom. The summed E-state index contributed by atoms with van der Waals surface area (Å²) in [6, 6.07) is 4.53. The van der Waals surface area contributed by atoms with Crippen LogP contribution in [0.2, 0.25) is 0 Å². The number of pyridine rings is 1. The molecule has 0 aromatic carbocycles. The van der Waals surface area contributed by atoms with Crippen molar-refractivity contribution < 1.29 is 0 Å². The van der Waals surface area contributed by atoms with Crippen LogP contribution in [0.1, 0.15) is 25.5 Å². The van der Waals surface area contributed by atoms with E-state index in [1.165, 1.54) is 5.56 Å². The van der Waals surface area contributed by atoms with E-state index in [1.807, 2.05) is 19.3 Å². The zero-order valence-corrected chi connectivity index (χ0v) is 10.4. The fourth-order valence-electron chi connectivity index (χ4n) is 1.55. The van der Waals surface area contributed by atoms with Gasteiger partial charge < -0.3 is 10.2 Å². The van der Waals surface area contributed by atoms with Gasteiger partial charge in [-0.1, -0.05) is 12.1 Å². The van der Waals surface area contributed by atoms with Crippen molar-refractivity contribution in [3.05, 3.63) is 36.5 Å². The molecule has 1 aromatic rings. The second-order valence-corrected chi connectivity index (χ2v) is 3.79. The minimum atomic E-state index is 0.344. The van der Waals surface area contributed by atoms with Crippen LogP contribution in [0.4, 0.5) is 5.82 Å². The van der Waals surface area contributed by atoms with E-state index in [-0.39, 0.29) is 0 Å². The van der Waals surface area contributed by atoms with Crippen LogP contribution in [0.15, 0.2) is 31.0 Å². The van der Waals surface area contributed by atoms with E-state index in [2.05, 4.69) is 47.8 Å². The van der Waals surface area contributed by atoms with Crippen LogP contribution in [0.3, 0.4) is 0 Å². The summed E-state index contributed by atoms with van der Waals surface area (Å²) < 4.78 is 0. The number of nitrogens with one attached hydrogen (secondary N) is 1. The van der Waals surface area contributed by atoms with Gasteiger partial charge in [0.1, 0.15) is 5.82 Å². The molecular formula is C13H21N3. The summed E-state index contributed by atoms with van der Waals surface area (Å²) in [5.74, 6) is 1.01. The fourth-order valence-corrected chi connectivity index (χ4v) is 1.55.